The first-order valence-corrected chi connectivity index (χ1v) is 8.48. The standard InChI is InChI=1S/C19H23NOS/c1-13(2)16-7-9-17(10-8-16)20-19(21)15(4)22-18-11-5-14(3)6-12-18/h5-13,15H,1-4H3,(H,20,21)/t15-/m1/s1. The number of hydrogen-bond donors (Lipinski definition) is 1. The third-order valence-electron chi connectivity index (χ3n) is 3.55. The molecular formula is C19H23NOS. The van der Waals surface area contributed by atoms with Crippen LogP contribution in [0, 0.1) is 6.92 Å². The lowest BCUT2D eigenvalue weighted by molar-refractivity contribution is -0.115. The number of aryl methyl sites for hydroxylation is 1. The minimum Gasteiger partial charge on any atom is -0.325 e. The van der Waals surface area contributed by atoms with Crippen molar-refractivity contribution in [2.24, 2.45) is 0 Å². The predicted octanol–water partition coefficient (Wildman–Crippen LogP) is 5.24. The van der Waals surface area contributed by atoms with Crippen LogP contribution in [-0.2, 0) is 4.79 Å². The Morgan fingerprint density at radius 3 is 2.09 bits per heavy atom. The van der Waals surface area contributed by atoms with Gasteiger partial charge in [-0.3, -0.25) is 4.79 Å². The van der Waals surface area contributed by atoms with Gasteiger partial charge in [-0.1, -0.05) is 43.7 Å². The van der Waals surface area contributed by atoms with E-state index in [9.17, 15) is 4.79 Å². The Balaban J connectivity index is 1.94. The summed E-state index contributed by atoms with van der Waals surface area (Å²) in [6.07, 6.45) is 0. The van der Waals surface area contributed by atoms with E-state index in [1.807, 2.05) is 19.1 Å². The van der Waals surface area contributed by atoms with Crippen LogP contribution in [0.5, 0.6) is 0 Å². The van der Waals surface area contributed by atoms with E-state index in [4.69, 9.17) is 0 Å². The molecule has 116 valence electrons. The van der Waals surface area contributed by atoms with Crippen molar-refractivity contribution in [1.29, 1.82) is 0 Å². The lowest BCUT2D eigenvalue weighted by atomic mass is 10.0. The van der Waals surface area contributed by atoms with Gasteiger partial charge in [-0.25, -0.2) is 0 Å². The molecule has 0 fully saturated rings. The minimum atomic E-state index is -0.132. The summed E-state index contributed by atoms with van der Waals surface area (Å²) in [7, 11) is 0. The summed E-state index contributed by atoms with van der Waals surface area (Å²) < 4.78 is 0. The maximum Gasteiger partial charge on any atom is 0.237 e. The van der Waals surface area contributed by atoms with E-state index in [0.717, 1.165) is 10.6 Å². The molecule has 0 aliphatic rings. The summed E-state index contributed by atoms with van der Waals surface area (Å²) in [5.74, 6) is 0.531. The zero-order valence-corrected chi connectivity index (χ0v) is 14.4. The third kappa shape index (κ3) is 4.63. The molecule has 2 rings (SSSR count). The normalized spacial score (nSPS) is 12.2. The number of carbonyl (C=O) groups excluding carboxylic acids is 1. The van der Waals surface area contributed by atoms with Gasteiger partial charge in [0.15, 0.2) is 0 Å². The molecule has 1 atom stereocenters. The highest BCUT2D eigenvalue weighted by Gasteiger charge is 2.14. The van der Waals surface area contributed by atoms with E-state index < -0.39 is 0 Å². The first-order valence-electron chi connectivity index (χ1n) is 7.60. The SMILES string of the molecule is Cc1ccc(S[C@H](C)C(=O)Nc2ccc(C(C)C)cc2)cc1. The highest BCUT2D eigenvalue weighted by molar-refractivity contribution is 8.00. The number of anilines is 1. The van der Waals surface area contributed by atoms with Crippen molar-refractivity contribution in [2.75, 3.05) is 5.32 Å². The van der Waals surface area contributed by atoms with Crippen molar-refractivity contribution in [1.82, 2.24) is 0 Å². The van der Waals surface area contributed by atoms with Crippen LogP contribution >= 0.6 is 11.8 Å². The Labute approximate surface area is 137 Å². The maximum absolute atomic E-state index is 12.3. The van der Waals surface area contributed by atoms with Crippen molar-refractivity contribution >= 4 is 23.4 Å². The topological polar surface area (TPSA) is 29.1 Å². The lowest BCUT2D eigenvalue weighted by Gasteiger charge is -2.13. The molecule has 0 heterocycles. The summed E-state index contributed by atoms with van der Waals surface area (Å²) in [6, 6.07) is 16.3. The van der Waals surface area contributed by atoms with Crippen molar-refractivity contribution in [3.63, 3.8) is 0 Å². The van der Waals surface area contributed by atoms with Gasteiger partial charge in [0, 0.05) is 10.6 Å². The minimum absolute atomic E-state index is 0.0304. The van der Waals surface area contributed by atoms with Crippen LogP contribution in [0.1, 0.15) is 37.8 Å². The molecular weight excluding hydrogens is 290 g/mol. The molecule has 2 nitrogen and oxygen atoms in total. The Morgan fingerprint density at radius 1 is 0.955 bits per heavy atom. The fourth-order valence-corrected chi connectivity index (χ4v) is 2.94. The highest BCUT2D eigenvalue weighted by atomic mass is 32.2. The van der Waals surface area contributed by atoms with Crippen LogP contribution in [0.25, 0.3) is 0 Å². The number of amides is 1. The molecule has 0 aliphatic heterocycles. The smallest absolute Gasteiger partial charge is 0.237 e. The van der Waals surface area contributed by atoms with Gasteiger partial charge >= 0.3 is 0 Å². The van der Waals surface area contributed by atoms with Crippen LogP contribution in [-0.4, -0.2) is 11.2 Å². The monoisotopic (exact) mass is 313 g/mol. The van der Waals surface area contributed by atoms with Gasteiger partial charge in [0.05, 0.1) is 5.25 Å². The van der Waals surface area contributed by atoms with Crippen molar-refractivity contribution in [2.45, 2.75) is 43.8 Å². The number of hydrogen-bond acceptors (Lipinski definition) is 2. The largest absolute Gasteiger partial charge is 0.325 e. The highest BCUT2D eigenvalue weighted by Crippen LogP contribution is 2.25. The van der Waals surface area contributed by atoms with Crippen molar-refractivity contribution < 1.29 is 4.79 Å². The van der Waals surface area contributed by atoms with E-state index >= 15 is 0 Å². The fourth-order valence-electron chi connectivity index (χ4n) is 2.07. The van der Waals surface area contributed by atoms with E-state index in [2.05, 4.69) is 62.5 Å². The second-order valence-corrected chi connectivity index (χ2v) is 7.25. The van der Waals surface area contributed by atoms with Crippen LogP contribution in [0.2, 0.25) is 0 Å². The first-order chi connectivity index (χ1) is 10.5. The Morgan fingerprint density at radius 2 is 1.55 bits per heavy atom. The molecule has 2 aromatic carbocycles. The van der Waals surface area contributed by atoms with Crippen molar-refractivity contribution in [3.05, 3.63) is 59.7 Å². The van der Waals surface area contributed by atoms with Crippen LogP contribution in [0.15, 0.2) is 53.4 Å². The third-order valence-corrected chi connectivity index (χ3v) is 4.66. The quantitative estimate of drug-likeness (QED) is 0.765. The molecule has 0 saturated heterocycles. The Bertz CT molecular complexity index is 617. The number of benzene rings is 2. The molecule has 0 saturated carbocycles. The van der Waals surface area contributed by atoms with E-state index in [-0.39, 0.29) is 11.2 Å². The van der Waals surface area contributed by atoms with Gasteiger partial charge in [-0.05, 0) is 49.6 Å². The summed E-state index contributed by atoms with van der Waals surface area (Å²) in [5.41, 5.74) is 3.36. The number of thioether (sulfide) groups is 1. The predicted molar refractivity (Wildman–Crippen MR) is 95.7 cm³/mol. The molecule has 0 bridgehead atoms. The van der Waals surface area contributed by atoms with Gasteiger partial charge in [0.1, 0.15) is 0 Å². The zero-order valence-electron chi connectivity index (χ0n) is 13.6. The molecule has 2 aromatic rings. The average molecular weight is 313 g/mol. The molecule has 0 radical (unpaired) electrons. The summed E-state index contributed by atoms with van der Waals surface area (Å²) in [5, 5.41) is 2.85. The summed E-state index contributed by atoms with van der Waals surface area (Å²) in [4.78, 5) is 13.4. The molecule has 0 spiro atoms. The molecule has 0 unspecified atom stereocenters. The molecule has 1 amide bonds. The second kappa shape index (κ2) is 7.50. The molecule has 0 aromatic heterocycles. The maximum atomic E-state index is 12.3. The van der Waals surface area contributed by atoms with Gasteiger partial charge in [0.2, 0.25) is 5.91 Å². The first kappa shape index (κ1) is 16.6. The lowest BCUT2D eigenvalue weighted by Crippen LogP contribution is -2.22. The van der Waals surface area contributed by atoms with Crippen LogP contribution < -0.4 is 5.32 Å². The molecule has 3 heteroatoms. The van der Waals surface area contributed by atoms with Crippen molar-refractivity contribution in [3.8, 4) is 0 Å². The van der Waals surface area contributed by atoms with Crippen LogP contribution in [0.3, 0.4) is 0 Å². The second-order valence-electron chi connectivity index (χ2n) is 5.84. The molecule has 0 aliphatic carbocycles. The fraction of sp³-hybridized carbons (Fsp3) is 0.316. The summed E-state index contributed by atoms with van der Waals surface area (Å²) in [6.45, 7) is 8.31. The van der Waals surface area contributed by atoms with E-state index in [0.29, 0.717) is 5.92 Å². The average Bonchev–Trinajstić information content (AvgIpc) is 2.50. The molecule has 1 N–H and O–H groups in total. The number of carbonyl (C=O) groups is 1. The van der Waals surface area contributed by atoms with Gasteiger partial charge in [0.25, 0.3) is 0 Å². The number of rotatable bonds is 5. The Kier molecular flexibility index (Phi) is 5.67. The van der Waals surface area contributed by atoms with Gasteiger partial charge < -0.3 is 5.32 Å². The molecule has 22 heavy (non-hydrogen) atoms. The van der Waals surface area contributed by atoms with Gasteiger partial charge in [-0.15, -0.1) is 11.8 Å². The zero-order chi connectivity index (χ0) is 16.1. The summed E-state index contributed by atoms with van der Waals surface area (Å²) >= 11 is 1.58. The van der Waals surface area contributed by atoms with E-state index in [1.54, 1.807) is 11.8 Å². The van der Waals surface area contributed by atoms with E-state index in [1.165, 1.54) is 11.1 Å². The van der Waals surface area contributed by atoms with Gasteiger partial charge in [-0.2, -0.15) is 0 Å². The van der Waals surface area contributed by atoms with Crippen LogP contribution in [0.4, 0.5) is 5.69 Å². The Hall–Kier alpha value is -1.74. The number of nitrogens with one attached hydrogen (secondary N) is 1.